The highest BCUT2D eigenvalue weighted by Crippen LogP contribution is 2.34. The van der Waals surface area contributed by atoms with Crippen LogP contribution in [0.25, 0.3) is 11.2 Å². The average Bonchev–Trinajstić information content (AvgIpc) is 3.93. The molecule has 4 aliphatic heterocycles. The Kier molecular flexibility index (Phi) is 11.1. The fraction of sp³-hybridized carbons (Fsp3) is 0.500. The summed E-state index contributed by atoms with van der Waals surface area (Å²) in [5.74, 6) is 2.11. The summed E-state index contributed by atoms with van der Waals surface area (Å²) >= 11 is 0. The second-order valence-corrected chi connectivity index (χ2v) is 17.1. The Morgan fingerprint density at radius 2 is 1.56 bits per heavy atom. The second-order valence-electron chi connectivity index (χ2n) is 17.1. The van der Waals surface area contributed by atoms with Crippen molar-refractivity contribution in [1.29, 1.82) is 0 Å². The van der Waals surface area contributed by atoms with E-state index in [4.69, 9.17) is 0 Å². The number of fused-ring (bicyclic) bond motifs is 2. The molecule has 4 aliphatic rings. The number of piperidine rings is 2. The molecule has 2 aromatic carbocycles. The van der Waals surface area contributed by atoms with E-state index >= 15 is 0 Å². The largest absolute Gasteiger partial charge is 0.418 e. The fourth-order valence-electron chi connectivity index (χ4n) is 9.63. The zero-order chi connectivity index (χ0) is 40.7. The quantitative estimate of drug-likeness (QED) is 0.195. The number of carbonyl (C=O) groups is 1. The molecule has 0 spiro atoms. The summed E-state index contributed by atoms with van der Waals surface area (Å²) in [6.45, 7) is 11.4. The Hall–Kier alpha value is -4.99. The molecule has 0 radical (unpaired) electrons. The van der Waals surface area contributed by atoms with E-state index in [1.807, 2.05) is 23.7 Å². The van der Waals surface area contributed by atoms with Crippen molar-refractivity contribution in [2.24, 2.45) is 18.9 Å². The molecule has 3 saturated heterocycles. The number of likely N-dealkylation sites (tertiary alicyclic amines) is 2. The van der Waals surface area contributed by atoms with Gasteiger partial charge >= 0.3 is 11.9 Å². The van der Waals surface area contributed by atoms with Crippen molar-refractivity contribution >= 4 is 17.1 Å². The molecule has 3 aromatic heterocycles. The average molecular weight is 811 g/mol. The van der Waals surface area contributed by atoms with Gasteiger partial charge in [-0.1, -0.05) is 12.1 Å². The first-order chi connectivity index (χ1) is 28.5. The van der Waals surface area contributed by atoms with Crippen LogP contribution in [0.2, 0.25) is 0 Å². The molecule has 0 unspecified atom stereocenters. The Morgan fingerprint density at radius 1 is 0.797 bits per heavy atom. The number of nitrogens with one attached hydrogen (secondary N) is 1. The Labute approximate surface area is 342 Å². The van der Waals surface area contributed by atoms with Crippen LogP contribution in [0.1, 0.15) is 70.5 Å². The Bertz CT molecular complexity index is 2340. The highest BCUT2D eigenvalue weighted by Gasteiger charge is 2.35. The van der Waals surface area contributed by atoms with Gasteiger partial charge in [-0.05, 0) is 130 Å². The number of piperazine rings is 1. The lowest BCUT2D eigenvalue weighted by Crippen LogP contribution is -2.49. The van der Waals surface area contributed by atoms with E-state index in [-0.39, 0.29) is 11.4 Å². The van der Waals surface area contributed by atoms with Crippen molar-refractivity contribution < 1.29 is 18.0 Å². The summed E-state index contributed by atoms with van der Waals surface area (Å²) in [4.78, 5) is 35.5. The molecule has 5 aromatic rings. The maximum absolute atomic E-state index is 14.5. The molecule has 312 valence electrons. The van der Waals surface area contributed by atoms with Gasteiger partial charge in [0, 0.05) is 82.9 Å². The number of nitrogens with zero attached hydrogens (tertiary/aromatic N) is 9. The Morgan fingerprint density at radius 3 is 2.31 bits per heavy atom. The molecule has 9 rings (SSSR count). The summed E-state index contributed by atoms with van der Waals surface area (Å²) < 4.78 is 47.7. The van der Waals surface area contributed by atoms with Crippen LogP contribution in [-0.2, 0) is 32.7 Å². The maximum Gasteiger partial charge on any atom is 0.418 e. The van der Waals surface area contributed by atoms with Gasteiger partial charge in [0.2, 0.25) is 0 Å². The van der Waals surface area contributed by atoms with Crippen LogP contribution in [0.3, 0.4) is 0 Å². The lowest BCUT2D eigenvalue weighted by atomic mass is 9.91. The molecule has 15 heteroatoms. The number of alkyl halides is 3. The van der Waals surface area contributed by atoms with Crippen LogP contribution in [-0.4, -0.2) is 110 Å². The smallest absolute Gasteiger partial charge is 0.369 e. The van der Waals surface area contributed by atoms with Crippen molar-refractivity contribution in [3.05, 3.63) is 111 Å². The summed E-state index contributed by atoms with van der Waals surface area (Å²) in [6.07, 6.45) is 6.03. The van der Waals surface area contributed by atoms with E-state index < -0.39 is 17.4 Å². The van der Waals surface area contributed by atoms with Gasteiger partial charge in [0.15, 0.2) is 0 Å². The lowest BCUT2D eigenvalue weighted by Gasteiger charge is -2.40. The first-order valence-corrected chi connectivity index (χ1v) is 21.1. The van der Waals surface area contributed by atoms with E-state index in [9.17, 15) is 22.8 Å². The molecule has 1 N–H and O–H groups in total. The first kappa shape index (κ1) is 39.5. The SMILES string of the molecule is Cn1cnnc1Cc1cccc(-n2cc3c(C(F)(F)F)cc(CN4CCC(CCN5CCC(CN6CCN(c7ccc8c(c7)CNC8=O)CC6)CC5)CC4)cn3c2=O)c1. The Balaban J connectivity index is 0.738. The van der Waals surface area contributed by atoms with Crippen LogP contribution < -0.4 is 15.9 Å². The van der Waals surface area contributed by atoms with E-state index in [0.717, 1.165) is 111 Å². The minimum Gasteiger partial charge on any atom is -0.369 e. The van der Waals surface area contributed by atoms with E-state index in [1.54, 1.807) is 30.7 Å². The fourth-order valence-corrected chi connectivity index (χ4v) is 9.63. The number of carbonyl (C=O) groups excluding carboxylic acids is 1. The van der Waals surface area contributed by atoms with Gasteiger partial charge in [-0.25, -0.2) is 4.79 Å². The topological polar surface area (TPSA) is 99.2 Å². The van der Waals surface area contributed by atoms with Gasteiger partial charge in [-0.2, -0.15) is 13.2 Å². The summed E-state index contributed by atoms with van der Waals surface area (Å²) in [5.41, 5.74) is 3.49. The number of benzene rings is 2. The van der Waals surface area contributed by atoms with E-state index in [1.165, 1.54) is 41.9 Å². The number of amides is 1. The second kappa shape index (κ2) is 16.6. The number of pyridine rings is 1. The highest BCUT2D eigenvalue weighted by atomic mass is 19.4. The summed E-state index contributed by atoms with van der Waals surface area (Å²) in [7, 11) is 1.85. The summed E-state index contributed by atoms with van der Waals surface area (Å²) in [5, 5.41) is 11.0. The van der Waals surface area contributed by atoms with Crippen LogP contribution in [0.5, 0.6) is 0 Å². The van der Waals surface area contributed by atoms with Gasteiger partial charge in [-0.15, -0.1) is 10.2 Å². The maximum atomic E-state index is 14.5. The number of hydrogen-bond donors (Lipinski definition) is 1. The predicted octanol–water partition coefficient (Wildman–Crippen LogP) is 5.21. The molecule has 1 amide bonds. The van der Waals surface area contributed by atoms with Crippen molar-refractivity contribution in [2.75, 3.05) is 70.3 Å². The number of aromatic nitrogens is 5. The molecule has 3 fully saturated rings. The van der Waals surface area contributed by atoms with Gasteiger partial charge in [0.05, 0.1) is 16.8 Å². The molecule has 12 nitrogen and oxygen atoms in total. The van der Waals surface area contributed by atoms with Gasteiger partial charge in [0.1, 0.15) is 12.2 Å². The lowest BCUT2D eigenvalue weighted by molar-refractivity contribution is -0.136. The monoisotopic (exact) mass is 810 g/mol. The van der Waals surface area contributed by atoms with Crippen LogP contribution in [0.4, 0.5) is 18.9 Å². The predicted molar refractivity (Wildman–Crippen MR) is 220 cm³/mol. The first-order valence-electron chi connectivity index (χ1n) is 21.1. The number of rotatable bonds is 11. The van der Waals surface area contributed by atoms with E-state index in [2.05, 4.69) is 47.2 Å². The third-order valence-corrected chi connectivity index (χ3v) is 13.2. The van der Waals surface area contributed by atoms with Gasteiger partial charge in [-0.3, -0.25) is 23.6 Å². The molecule has 59 heavy (non-hydrogen) atoms. The molecule has 0 saturated carbocycles. The molecular formula is C44H53F3N10O2. The van der Waals surface area contributed by atoms with Crippen LogP contribution in [0, 0.1) is 11.8 Å². The third kappa shape index (κ3) is 8.69. The zero-order valence-corrected chi connectivity index (χ0v) is 33.7. The van der Waals surface area contributed by atoms with Gasteiger partial charge in [0.25, 0.3) is 5.91 Å². The van der Waals surface area contributed by atoms with Crippen molar-refractivity contribution in [2.45, 2.75) is 57.8 Å². The molecule has 0 bridgehead atoms. The number of halogens is 3. The number of hydrogen-bond acceptors (Lipinski definition) is 8. The van der Waals surface area contributed by atoms with Crippen LogP contribution in [0.15, 0.2) is 72.0 Å². The third-order valence-electron chi connectivity index (χ3n) is 13.2. The molecule has 0 aliphatic carbocycles. The van der Waals surface area contributed by atoms with Crippen molar-refractivity contribution in [3.63, 3.8) is 0 Å². The number of aryl methyl sites for hydroxylation is 1. The van der Waals surface area contributed by atoms with E-state index in [0.29, 0.717) is 36.7 Å². The summed E-state index contributed by atoms with van der Waals surface area (Å²) in [6, 6.07) is 14.7. The van der Waals surface area contributed by atoms with Gasteiger partial charge < -0.3 is 19.7 Å². The molecule has 0 atom stereocenters. The van der Waals surface area contributed by atoms with Crippen molar-refractivity contribution in [3.8, 4) is 5.69 Å². The highest BCUT2D eigenvalue weighted by molar-refractivity contribution is 5.98. The number of anilines is 1. The standard InChI is InChI=1S/C44H53F3N10O2/c1-51-30-49-50-41(51)23-33-3-2-4-37(21-33)56-29-40-39(44(45,46)47)22-34(28-57(40)43(56)59)27-53-15-8-31(9-16-53)7-12-52-13-10-32(11-14-52)26-54-17-19-55(20-18-54)36-5-6-38-35(24-36)25-48-42(38)58/h2-6,21-22,24,28-32H,7-20,23,25-27H2,1H3,(H,48,58). The molecule has 7 heterocycles. The minimum absolute atomic E-state index is 0.0315. The minimum atomic E-state index is -4.62. The molecular weight excluding hydrogens is 758 g/mol. The van der Waals surface area contributed by atoms with Crippen molar-refractivity contribution in [1.82, 2.24) is 43.7 Å². The zero-order valence-electron chi connectivity index (χ0n) is 33.7. The number of imidazole rings is 1. The van der Waals surface area contributed by atoms with Crippen LogP contribution >= 0.6 is 0 Å². The normalized spacial score (nSPS) is 19.2.